The Morgan fingerprint density at radius 1 is 1.40 bits per heavy atom. The lowest BCUT2D eigenvalue weighted by molar-refractivity contribution is 0.336. The van der Waals surface area contributed by atoms with Crippen LogP contribution >= 0.6 is 7.37 Å². The third-order valence-corrected chi connectivity index (χ3v) is 3.68. The smallest absolute Gasteiger partial charge is 0.204 e. The van der Waals surface area contributed by atoms with E-state index in [9.17, 15) is 4.57 Å². The highest BCUT2D eigenvalue weighted by Gasteiger charge is 2.15. The van der Waals surface area contributed by atoms with Crippen LogP contribution in [-0.4, -0.2) is 13.3 Å². The van der Waals surface area contributed by atoms with Crippen LogP contribution in [0.3, 0.4) is 0 Å². The van der Waals surface area contributed by atoms with E-state index in [2.05, 4.69) is 4.85 Å². The molecule has 80 valence electrons. The van der Waals surface area contributed by atoms with E-state index in [1.54, 1.807) is 18.8 Å². The molecule has 1 aromatic rings. The Balaban J connectivity index is 2.74. The Labute approximate surface area is 90.3 Å². The Morgan fingerprint density at radius 3 is 2.47 bits per heavy atom. The van der Waals surface area contributed by atoms with Crippen molar-refractivity contribution in [3.8, 4) is 0 Å². The van der Waals surface area contributed by atoms with Gasteiger partial charge in [-0.05, 0) is 12.5 Å². The molecule has 0 aliphatic carbocycles. The Morgan fingerprint density at radius 2 is 2.00 bits per heavy atom. The van der Waals surface area contributed by atoms with Gasteiger partial charge >= 0.3 is 0 Å². The van der Waals surface area contributed by atoms with Crippen molar-refractivity contribution in [1.29, 1.82) is 0 Å². The predicted molar refractivity (Wildman–Crippen MR) is 61.6 cm³/mol. The van der Waals surface area contributed by atoms with Gasteiger partial charge in [-0.15, -0.1) is 0 Å². The van der Waals surface area contributed by atoms with Crippen LogP contribution in [-0.2, 0) is 15.3 Å². The highest BCUT2D eigenvalue weighted by Crippen LogP contribution is 2.46. The molecule has 0 aromatic heterocycles. The normalized spacial score (nSPS) is 14.2. The monoisotopic (exact) mass is 223 g/mol. The fourth-order valence-corrected chi connectivity index (χ4v) is 2.84. The molecule has 0 aliphatic heterocycles. The van der Waals surface area contributed by atoms with Crippen molar-refractivity contribution >= 4 is 13.1 Å². The minimum Gasteiger partial charge on any atom is -0.329 e. The van der Waals surface area contributed by atoms with Crippen LogP contribution in [0.15, 0.2) is 24.3 Å². The first-order valence-corrected chi connectivity index (χ1v) is 7.00. The van der Waals surface area contributed by atoms with Crippen LogP contribution in [0.2, 0.25) is 0 Å². The zero-order chi connectivity index (χ0) is 11.3. The van der Waals surface area contributed by atoms with Gasteiger partial charge in [-0.1, -0.05) is 24.3 Å². The van der Waals surface area contributed by atoms with E-state index < -0.39 is 7.37 Å². The molecule has 0 saturated heterocycles. The lowest BCUT2D eigenvalue weighted by atomic mass is 10.2. The molecule has 0 aliphatic rings. The number of benzene rings is 1. The summed E-state index contributed by atoms with van der Waals surface area (Å²) in [5.41, 5.74) is 1.54. The van der Waals surface area contributed by atoms with E-state index >= 15 is 0 Å². The maximum atomic E-state index is 11.9. The highest BCUT2D eigenvalue weighted by molar-refractivity contribution is 7.57. The highest BCUT2D eigenvalue weighted by atomic mass is 31.2. The van der Waals surface area contributed by atoms with Gasteiger partial charge < -0.3 is 4.52 Å². The van der Waals surface area contributed by atoms with Crippen molar-refractivity contribution in [1.82, 2.24) is 0 Å². The molecule has 0 amide bonds. The summed E-state index contributed by atoms with van der Waals surface area (Å²) in [7, 11) is -2.52. The van der Waals surface area contributed by atoms with Gasteiger partial charge in [-0.2, -0.15) is 0 Å². The van der Waals surface area contributed by atoms with Gasteiger partial charge in [0, 0.05) is 12.8 Å². The van der Waals surface area contributed by atoms with Gasteiger partial charge in [0.2, 0.25) is 7.37 Å². The molecule has 1 atom stereocenters. The van der Waals surface area contributed by atoms with Gasteiger partial charge in [-0.3, -0.25) is 4.57 Å². The summed E-state index contributed by atoms with van der Waals surface area (Å²) < 4.78 is 17.0. The zero-order valence-electron chi connectivity index (χ0n) is 8.93. The first-order chi connectivity index (χ1) is 7.07. The molecule has 15 heavy (non-hydrogen) atoms. The van der Waals surface area contributed by atoms with Crippen molar-refractivity contribution in [2.24, 2.45) is 0 Å². The van der Waals surface area contributed by atoms with Crippen LogP contribution in [0.25, 0.3) is 4.85 Å². The number of hydrogen-bond acceptors (Lipinski definition) is 2. The van der Waals surface area contributed by atoms with Gasteiger partial charge in [0.05, 0.1) is 13.2 Å². The summed E-state index contributed by atoms with van der Waals surface area (Å²) in [5, 5.41) is 0. The average Bonchev–Trinajstić information content (AvgIpc) is 2.18. The number of nitrogens with zero attached hydrogens (tertiary/aromatic N) is 1. The quantitative estimate of drug-likeness (QED) is 0.575. The Hall–Kier alpha value is -1.10. The van der Waals surface area contributed by atoms with Crippen molar-refractivity contribution in [3.63, 3.8) is 0 Å². The largest absolute Gasteiger partial charge is 0.329 e. The molecule has 3 nitrogen and oxygen atoms in total. The fourth-order valence-electron chi connectivity index (χ4n) is 1.33. The van der Waals surface area contributed by atoms with E-state index in [1.165, 1.54) is 0 Å². The van der Waals surface area contributed by atoms with Crippen molar-refractivity contribution in [3.05, 3.63) is 41.2 Å². The molecule has 4 heteroatoms. The van der Waals surface area contributed by atoms with E-state index in [-0.39, 0.29) is 0 Å². The summed E-state index contributed by atoms with van der Waals surface area (Å²) in [6.45, 7) is 10.7. The van der Waals surface area contributed by atoms with Crippen LogP contribution in [0, 0.1) is 6.57 Å². The third kappa shape index (κ3) is 3.87. The average molecular weight is 223 g/mol. The summed E-state index contributed by atoms with van der Waals surface area (Å²) in [5.74, 6) is 0. The van der Waals surface area contributed by atoms with Crippen LogP contribution in [0.4, 0.5) is 5.69 Å². The zero-order valence-corrected chi connectivity index (χ0v) is 9.83. The van der Waals surface area contributed by atoms with E-state index in [0.29, 0.717) is 18.5 Å². The SMILES string of the molecule is [C-]#[N+]c1ccc(CP(C)(=O)OCC)cc1. The second-order valence-electron chi connectivity index (χ2n) is 3.37. The Kier molecular flexibility index (Phi) is 4.08. The number of rotatable bonds is 4. The van der Waals surface area contributed by atoms with Gasteiger partial charge in [-0.25, -0.2) is 4.85 Å². The minimum atomic E-state index is -2.52. The summed E-state index contributed by atoms with van der Waals surface area (Å²) in [4.78, 5) is 3.29. The van der Waals surface area contributed by atoms with Crippen molar-refractivity contribution < 1.29 is 9.09 Å². The van der Waals surface area contributed by atoms with Crippen LogP contribution in [0.1, 0.15) is 12.5 Å². The molecule has 0 heterocycles. The van der Waals surface area contributed by atoms with Crippen molar-refractivity contribution in [2.75, 3.05) is 13.3 Å². The fraction of sp³-hybridized carbons (Fsp3) is 0.364. The topological polar surface area (TPSA) is 30.7 Å². The maximum absolute atomic E-state index is 11.9. The van der Waals surface area contributed by atoms with Crippen LogP contribution in [0.5, 0.6) is 0 Å². The first kappa shape index (κ1) is 12.0. The standard InChI is InChI=1S/C11H14NO2P/c1-4-14-15(3,13)9-10-5-7-11(12-2)8-6-10/h5-8H,4,9H2,1,3H3. The molecule has 0 N–H and O–H groups in total. The maximum Gasteiger partial charge on any atom is 0.204 e. The molecular weight excluding hydrogens is 209 g/mol. The second-order valence-corrected chi connectivity index (χ2v) is 5.97. The first-order valence-electron chi connectivity index (χ1n) is 4.75. The molecular formula is C11H14NO2P. The van der Waals surface area contributed by atoms with Crippen molar-refractivity contribution in [2.45, 2.75) is 13.1 Å². The molecule has 1 unspecified atom stereocenters. The van der Waals surface area contributed by atoms with Gasteiger partial charge in [0.15, 0.2) is 5.69 Å². The van der Waals surface area contributed by atoms with Gasteiger partial charge in [0.1, 0.15) is 0 Å². The molecule has 1 rings (SSSR count). The van der Waals surface area contributed by atoms with E-state index in [0.717, 1.165) is 5.56 Å². The summed E-state index contributed by atoms with van der Waals surface area (Å²) in [6, 6.07) is 7.10. The molecule has 0 spiro atoms. The lowest BCUT2D eigenvalue weighted by Gasteiger charge is -2.12. The van der Waals surface area contributed by atoms with E-state index in [1.807, 2.05) is 19.1 Å². The predicted octanol–water partition coefficient (Wildman–Crippen LogP) is 3.68. The molecule has 0 fully saturated rings. The molecule has 0 radical (unpaired) electrons. The number of hydrogen-bond donors (Lipinski definition) is 0. The third-order valence-electron chi connectivity index (χ3n) is 1.94. The van der Waals surface area contributed by atoms with Gasteiger partial charge in [0.25, 0.3) is 0 Å². The molecule has 1 aromatic carbocycles. The second kappa shape index (κ2) is 5.11. The lowest BCUT2D eigenvalue weighted by Crippen LogP contribution is -1.92. The molecule has 0 bridgehead atoms. The summed E-state index contributed by atoms with van der Waals surface area (Å²) in [6.07, 6.45) is 0.430. The summed E-state index contributed by atoms with van der Waals surface area (Å²) >= 11 is 0. The van der Waals surface area contributed by atoms with Crippen LogP contribution < -0.4 is 0 Å². The molecule has 0 saturated carbocycles. The van der Waals surface area contributed by atoms with E-state index in [4.69, 9.17) is 11.1 Å². The Bertz CT molecular complexity index is 406. The minimum absolute atomic E-state index is 0.430.